The van der Waals surface area contributed by atoms with E-state index in [1.165, 1.54) is 0 Å². The summed E-state index contributed by atoms with van der Waals surface area (Å²) in [5.41, 5.74) is 5.19. The highest BCUT2D eigenvalue weighted by molar-refractivity contribution is 6.30. The second-order valence-corrected chi connectivity index (χ2v) is 8.74. The number of nitrogens with one attached hydrogen (secondary N) is 2. The zero-order valence-electron chi connectivity index (χ0n) is 18.9. The summed E-state index contributed by atoms with van der Waals surface area (Å²) in [6.07, 6.45) is -1.11. The van der Waals surface area contributed by atoms with Crippen LogP contribution in [0.1, 0.15) is 35.4 Å². The number of carboxylic acid groups (broad SMARTS) is 1. The van der Waals surface area contributed by atoms with Crippen molar-refractivity contribution >= 4 is 29.6 Å². The smallest absolute Gasteiger partial charge is 0.407 e. The fourth-order valence-electron chi connectivity index (χ4n) is 4.23. The number of rotatable bonds is 9. The van der Waals surface area contributed by atoms with E-state index in [4.69, 9.17) is 21.4 Å². The van der Waals surface area contributed by atoms with Crippen LogP contribution < -0.4 is 10.6 Å². The van der Waals surface area contributed by atoms with Crippen molar-refractivity contribution in [2.45, 2.75) is 31.3 Å². The molecule has 180 valence electrons. The Morgan fingerprint density at radius 1 is 0.914 bits per heavy atom. The number of alkyl carbamates (subject to hydrolysis) is 1. The number of fused-ring (bicyclic) bond motifs is 3. The third kappa shape index (κ3) is 6.00. The van der Waals surface area contributed by atoms with Gasteiger partial charge in [-0.1, -0.05) is 72.3 Å². The van der Waals surface area contributed by atoms with Gasteiger partial charge in [0.2, 0.25) is 5.91 Å². The van der Waals surface area contributed by atoms with Crippen LogP contribution in [0, 0.1) is 0 Å². The van der Waals surface area contributed by atoms with Crippen LogP contribution in [0.25, 0.3) is 11.1 Å². The van der Waals surface area contributed by atoms with Gasteiger partial charge in [0.05, 0.1) is 0 Å². The Labute approximate surface area is 208 Å². The van der Waals surface area contributed by atoms with Crippen molar-refractivity contribution in [3.05, 3.63) is 94.5 Å². The van der Waals surface area contributed by atoms with Crippen LogP contribution in [0.4, 0.5) is 4.79 Å². The predicted molar refractivity (Wildman–Crippen MR) is 132 cm³/mol. The summed E-state index contributed by atoms with van der Waals surface area (Å²) in [5.74, 6) is -1.67. The number of hydrogen-bond acceptors (Lipinski definition) is 4. The maximum atomic E-state index is 12.7. The van der Waals surface area contributed by atoms with Crippen molar-refractivity contribution in [3.8, 4) is 11.1 Å². The summed E-state index contributed by atoms with van der Waals surface area (Å²) in [5, 5.41) is 14.9. The highest BCUT2D eigenvalue weighted by Gasteiger charge is 2.30. The molecule has 0 saturated heterocycles. The summed E-state index contributed by atoms with van der Waals surface area (Å²) in [7, 11) is 0. The van der Waals surface area contributed by atoms with E-state index in [0.717, 1.165) is 27.8 Å². The van der Waals surface area contributed by atoms with Gasteiger partial charge in [-0.15, -0.1) is 0 Å². The molecule has 3 aromatic carbocycles. The molecule has 0 bridgehead atoms. The van der Waals surface area contributed by atoms with E-state index in [9.17, 15) is 14.4 Å². The van der Waals surface area contributed by atoms with E-state index in [1.807, 2.05) is 48.5 Å². The summed E-state index contributed by atoms with van der Waals surface area (Å²) in [4.78, 5) is 36.4. The third-order valence-electron chi connectivity index (χ3n) is 5.98. The lowest BCUT2D eigenvalue weighted by Gasteiger charge is -2.19. The van der Waals surface area contributed by atoms with Gasteiger partial charge in [-0.25, -0.2) is 4.79 Å². The van der Waals surface area contributed by atoms with Gasteiger partial charge in [-0.05, 0) is 46.4 Å². The zero-order valence-corrected chi connectivity index (χ0v) is 19.6. The number of ether oxygens (including phenoxy) is 1. The minimum atomic E-state index is -1.06. The number of carbonyl (C=O) groups is 3. The average Bonchev–Trinajstić information content (AvgIpc) is 3.18. The van der Waals surface area contributed by atoms with Crippen molar-refractivity contribution in [2.24, 2.45) is 0 Å². The molecule has 1 aliphatic rings. The fraction of sp³-hybridized carbons (Fsp3) is 0.222. The molecular weight excluding hydrogens is 468 g/mol. The summed E-state index contributed by atoms with van der Waals surface area (Å²) >= 11 is 5.88. The van der Waals surface area contributed by atoms with Crippen LogP contribution in [0.3, 0.4) is 0 Å². The second-order valence-electron chi connectivity index (χ2n) is 8.30. The Bertz CT molecular complexity index is 1180. The molecule has 0 aliphatic heterocycles. The Morgan fingerprint density at radius 3 is 2.11 bits per heavy atom. The number of amides is 2. The molecule has 0 heterocycles. The minimum Gasteiger partial charge on any atom is -0.481 e. The first kappa shape index (κ1) is 24.3. The summed E-state index contributed by atoms with van der Waals surface area (Å²) in [6.45, 7) is 0.309. The van der Waals surface area contributed by atoms with Gasteiger partial charge in [0.15, 0.2) is 0 Å². The number of hydrogen-bond donors (Lipinski definition) is 3. The van der Waals surface area contributed by atoms with Crippen molar-refractivity contribution in [1.82, 2.24) is 10.6 Å². The number of carboxylic acids is 1. The Kier molecular flexibility index (Phi) is 7.67. The molecule has 0 saturated carbocycles. The quantitative estimate of drug-likeness (QED) is 0.400. The average molecular weight is 493 g/mol. The normalized spacial score (nSPS) is 12.8. The lowest BCUT2D eigenvalue weighted by atomic mass is 9.98. The molecule has 4 rings (SSSR count). The number of benzene rings is 3. The molecule has 8 heteroatoms. The largest absolute Gasteiger partial charge is 0.481 e. The van der Waals surface area contributed by atoms with Crippen LogP contribution in [0.2, 0.25) is 5.02 Å². The molecule has 3 N–H and O–H groups in total. The maximum Gasteiger partial charge on any atom is 0.407 e. The highest BCUT2D eigenvalue weighted by atomic mass is 35.5. The van der Waals surface area contributed by atoms with Crippen LogP contribution in [0.5, 0.6) is 0 Å². The molecule has 0 fully saturated rings. The molecule has 7 nitrogen and oxygen atoms in total. The first-order chi connectivity index (χ1) is 16.9. The van der Waals surface area contributed by atoms with Gasteiger partial charge in [0.1, 0.15) is 12.6 Å². The molecule has 2 amide bonds. The molecule has 1 aliphatic carbocycles. The van der Waals surface area contributed by atoms with Gasteiger partial charge in [0, 0.05) is 23.9 Å². The lowest BCUT2D eigenvalue weighted by Crippen LogP contribution is -2.47. The van der Waals surface area contributed by atoms with Gasteiger partial charge < -0.3 is 20.5 Å². The van der Waals surface area contributed by atoms with Gasteiger partial charge >= 0.3 is 12.1 Å². The van der Waals surface area contributed by atoms with Gasteiger partial charge in [-0.2, -0.15) is 0 Å². The first-order valence-electron chi connectivity index (χ1n) is 11.3. The zero-order chi connectivity index (χ0) is 24.8. The maximum absolute atomic E-state index is 12.7. The number of halogens is 1. The Balaban J connectivity index is 1.38. The molecule has 0 spiro atoms. The predicted octanol–water partition coefficient (Wildman–Crippen LogP) is 4.73. The highest BCUT2D eigenvalue weighted by Crippen LogP contribution is 2.44. The van der Waals surface area contributed by atoms with Crippen LogP contribution in [0.15, 0.2) is 72.8 Å². The fourth-order valence-corrected chi connectivity index (χ4v) is 4.36. The van der Waals surface area contributed by atoms with Crippen molar-refractivity contribution < 1.29 is 24.2 Å². The number of carbonyl (C=O) groups excluding carboxylic acids is 2. The standard InChI is InChI=1S/C27H25ClN2O5/c28-18-11-9-17(10-12-18)15-29-26(33)24(13-14-25(31)32)30-27(34)35-16-23-21-7-3-1-5-19(21)20-6-2-4-8-22(20)23/h1-12,23-24H,13-16H2,(H,29,33)(H,30,34)(H,31,32). The van der Waals surface area contributed by atoms with Crippen LogP contribution >= 0.6 is 11.6 Å². The van der Waals surface area contributed by atoms with Crippen LogP contribution in [-0.2, 0) is 20.9 Å². The van der Waals surface area contributed by atoms with E-state index < -0.39 is 24.0 Å². The molecule has 35 heavy (non-hydrogen) atoms. The summed E-state index contributed by atoms with van der Waals surface area (Å²) < 4.78 is 5.51. The molecule has 1 unspecified atom stereocenters. The second kappa shape index (κ2) is 11.1. The topological polar surface area (TPSA) is 105 Å². The third-order valence-corrected chi connectivity index (χ3v) is 6.23. The molecule has 0 radical (unpaired) electrons. The Hall–Kier alpha value is -3.84. The van der Waals surface area contributed by atoms with E-state index in [2.05, 4.69) is 10.6 Å². The van der Waals surface area contributed by atoms with E-state index in [1.54, 1.807) is 24.3 Å². The van der Waals surface area contributed by atoms with E-state index >= 15 is 0 Å². The summed E-state index contributed by atoms with van der Waals surface area (Å²) in [6, 6.07) is 21.9. The Morgan fingerprint density at radius 2 is 1.51 bits per heavy atom. The van der Waals surface area contributed by atoms with Gasteiger partial charge in [0.25, 0.3) is 0 Å². The van der Waals surface area contributed by atoms with Crippen LogP contribution in [-0.4, -0.2) is 35.7 Å². The number of aliphatic carboxylic acids is 1. The van der Waals surface area contributed by atoms with Crippen molar-refractivity contribution in [2.75, 3.05) is 6.61 Å². The van der Waals surface area contributed by atoms with Gasteiger partial charge in [-0.3, -0.25) is 9.59 Å². The van der Waals surface area contributed by atoms with E-state index in [0.29, 0.717) is 5.02 Å². The lowest BCUT2D eigenvalue weighted by molar-refractivity contribution is -0.137. The first-order valence-corrected chi connectivity index (χ1v) is 11.7. The monoisotopic (exact) mass is 492 g/mol. The molecular formula is C27H25ClN2O5. The SMILES string of the molecule is O=C(O)CCC(NC(=O)OCC1c2ccccc2-c2ccccc21)C(=O)NCc1ccc(Cl)cc1. The minimum absolute atomic E-state index is 0.0635. The van der Waals surface area contributed by atoms with Crippen molar-refractivity contribution in [1.29, 1.82) is 0 Å². The molecule has 0 aromatic heterocycles. The molecule has 3 aromatic rings. The van der Waals surface area contributed by atoms with E-state index in [-0.39, 0.29) is 31.9 Å². The molecule has 1 atom stereocenters. The van der Waals surface area contributed by atoms with Crippen molar-refractivity contribution in [3.63, 3.8) is 0 Å².